The Balaban J connectivity index is 2.57. The minimum atomic E-state index is -0.402. The highest BCUT2D eigenvalue weighted by Crippen LogP contribution is 2.31. The normalized spacial score (nSPS) is 25.8. The van der Waals surface area contributed by atoms with E-state index in [0.29, 0.717) is 11.5 Å². The highest BCUT2D eigenvalue weighted by atomic mass is 15.2. The molecule has 1 fully saturated rings. The van der Waals surface area contributed by atoms with Crippen molar-refractivity contribution >= 4 is 0 Å². The van der Waals surface area contributed by atoms with Crippen LogP contribution in [0.2, 0.25) is 0 Å². The van der Waals surface area contributed by atoms with Crippen LogP contribution in [0.3, 0.4) is 0 Å². The van der Waals surface area contributed by atoms with Crippen molar-refractivity contribution in [3.05, 3.63) is 0 Å². The smallest absolute Gasteiger partial charge is 0.105 e. The number of hydrogen-bond donors (Lipinski definition) is 1. The van der Waals surface area contributed by atoms with Gasteiger partial charge in [0.2, 0.25) is 0 Å². The van der Waals surface area contributed by atoms with Crippen molar-refractivity contribution in [3.8, 4) is 6.07 Å². The molecule has 0 radical (unpaired) electrons. The fraction of sp³-hybridized carbons (Fsp3) is 0.933. The largest absolute Gasteiger partial charge is 0.303 e. The Morgan fingerprint density at radius 2 is 2.06 bits per heavy atom. The number of hydrogen-bond acceptors (Lipinski definition) is 3. The highest BCUT2D eigenvalue weighted by molar-refractivity contribution is 5.04. The maximum Gasteiger partial charge on any atom is 0.105 e. The third-order valence-electron chi connectivity index (χ3n) is 4.50. The summed E-state index contributed by atoms with van der Waals surface area (Å²) in [6.07, 6.45) is 4.75. The predicted molar refractivity (Wildman–Crippen MR) is 76.4 cm³/mol. The van der Waals surface area contributed by atoms with Gasteiger partial charge in [-0.3, -0.25) is 0 Å². The fourth-order valence-corrected chi connectivity index (χ4v) is 2.81. The zero-order chi connectivity index (χ0) is 13.8. The molecule has 0 amide bonds. The number of rotatable bonds is 4. The van der Waals surface area contributed by atoms with E-state index < -0.39 is 5.54 Å². The van der Waals surface area contributed by atoms with Gasteiger partial charge in [-0.15, -0.1) is 0 Å². The van der Waals surface area contributed by atoms with Crippen LogP contribution in [-0.4, -0.2) is 36.6 Å². The lowest BCUT2D eigenvalue weighted by Crippen LogP contribution is -2.46. The molecule has 3 heteroatoms. The van der Waals surface area contributed by atoms with Crippen molar-refractivity contribution in [3.63, 3.8) is 0 Å². The summed E-state index contributed by atoms with van der Waals surface area (Å²) in [6.45, 7) is 11.3. The minimum Gasteiger partial charge on any atom is -0.303 e. The van der Waals surface area contributed by atoms with Crippen LogP contribution in [-0.2, 0) is 0 Å². The maximum absolute atomic E-state index is 9.24. The summed E-state index contributed by atoms with van der Waals surface area (Å²) in [4.78, 5) is 2.56. The molecular weight excluding hydrogens is 222 g/mol. The lowest BCUT2D eigenvalue weighted by Gasteiger charge is -2.33. The van der Waals surface area contributed by atoms with Gasteiger partial charge in [-0.2, -0.15) is 5.26 Å². The summed E-state index contributed by atoms with van der Waals surface area (Å²) in [5.74, 6) is 0. The van der Waals surface area contributed by atoms with Gasteiger partial charge >= 0.3 is 0 Å². The van der Waals surface area contributed by atoms with Crippen LogP contribution in [0.15, 0.2) is 0 Å². The van der Waals surface area contributed by atoms with E-state index in [9.17, 15) is 5.26 Å². The van der Waals surface area contributed by atoms with Crippen LogP contribution >= 0.6 is 0 Å². The third-order valence-corrected chi connectivity index (χ3v) is 4.50. The molecule has 0 bridgehead atoms. The Labute approximate surface area is 113 Å². The summed E-state index contributed by atoms with van der Waals surface area (Å²) in [6, 6.07) is 2.86. The Morgan fingerprint density at radius 3 is 2.61 bits per heavy atom. The number of nitrogens with zero attached hydrogens (tertiary/aromatic N) is 2. The van der Waals surface area contributed by atoms with E-state index in [1.165, 1.54) is 32.4 Å². The van der Waals surface area contributed by atoms with E-state index in [1.807, 2.05) is 14.0 Å². The quantitative estimate of drug-likeness (QED) is 0.835. The second-order valence-corrected chi connectivity index (χ2v) is 6.80. The van der Waals surface area contributed by atoms with E-state index in [1.54, 1.807) is 0 Å². The Bertz CT molecular complexity index is 305. The second kappa shape index (κ2) is 6.04. The molecule has 0 aliphatic carbocycles. The molecule has 0 spiro atoms. The molecule has 1 rings (SSSR count). The maximum atomic E-state index is 9.24. The number of likely N-dealkylation sites (tertiary alicyclic amines) is 1. The molecule has 2 atom stereocenters. The molecule has 0 aromatic carbocycles. The summed E-state index contributed by atoms with van der Waals surface area (Å²) in [5, 5.41) is 12.4. The van der Waals surface area contributed by atoms with Gasteiger partial charge in [0.1, 0.15) is 5.54 Å². The van der Waals surface area contributed by atoms with Crippen LogP contribution in [0.25, 0.3) is 0 Å². The molecule has 1 aliphatic rings. The van der Waals surface area contributed by atoms with Gasteiger partial charge in [0.25, 0.3) is 0 Å². The lowest BCUT2D eigenvalue weighted by atomic mass is 9.85. The first-order valence-corrected chi connectivity index (χ1v) is 7.16. The molecule has 18 heavy (non-hydrogen) atoms. The predicted octanol–water partition coefficient (Wildman–Crippen LogP) is 2.78. The first-order valence-electron chi connectivity index (χ1n) is 7.16. The van der Waals surface area contributed by atoms with Crippen molar-refractivity contribution in [1.29, 1.82) is 5.26 Å². The summed E-state index contributed by atoms with van der Waals surface area (Å²) < 4.78 is 0. The standard InChI is InChI=1S/C15H29N3/c1-13(11-15(4,12-16)17-5)18-9-6-7-14(2,3)8-10-18/h13,17H,6-11H2,1-5H3. The van der Waals surface area contributed by atoms with Crippen molar-refractivity contribution in [2.24, 2.45) is 5.41 Å². The molecule has 0 aromatic heterocycles. The molecule has 1 aliphatic heterocycles. The molecule has 3 nitrogen and oxygen atoms in total. The molecule has 104 valence electrons. The molecule has 0 saturated carbocycles. The van der Waals surface area contributed by atoms with E-state index in [0.717, 1.165) is 6.42 Å². The monoisotopic (exact) mass is 251 g/mol. The molecule has 1 heterocycles. The van der Waals surface area contributed by atoms with Gasteiger partial charge in [-0.1, -0.05) is 13.8 Å². The van der Waals surface area contributed by atoms with Crippen molar-refractivity contribution in [2.45, 2.75) is 65.0 Å². The molecule has 1 N–H and O–H groups in total. The van der Waals surface area contributed by atoms with Crippen LogP contribution in [0.1, 0.15) is 53.4 Å². The lowest BCUT2D eigenvalue weighted by molar-refractivity contribution is 0.178. The zero-order valence-electron chi connectivity index (χ0n) is 12.7. The van der Waals surface area contributed by atoms with Gasteiger partial charge in [0.15, 0.2) is 0 Å². The number of nitrogens with one attached hydrogen (secondary N) is 1. The Morgan fingerprint density at radius 1 is 1.39 bits per heavy atom. The van der Waals surface area contributed by atoms with Gasteiger partial charge in [0.05, 0.1) is 6.07 Å². The van der Waals surface area contributed by atoms with Gasteiger partial charge in [0, 0.05) is 6.04 Å². The van der Waals surface area contributed by atoms with Crippen LogP contribution in [0.4, 0.5) is 0 Å². The van der Waals surface area contributed by atoms with E-state index >= 15 is 0 Å². The summed E-state index contributed by atoms with van der Waals surface area (Å²) >= 11 is 0. The number of nitriles is 1. The fourth-order valence-electron chi connectivity index (χ4n) is 2.81. The highest BCUT2D eigenvalue weighted by Gasteiger charge is 2.30. The molecule has 1 saturated heterocycles. The minimum absolute atomic E-state index is 0.402. The van der Waals surface area contributed by atoms with Crippen molar-refractivity contribution < 1.29 is 0 Å². The SMILES string of the molecule is CNC(C)(C#N)CC(C)N1CCCC(C)(C)CC1. The second-order valence-electron chi connectivity index (χ2n) is 6.80. The summed E-state index contributed by atoms with van der Waals surface area (Å²) in [5.41, 5.74) is 0.0806. The van der Waals surface area contributed by atoms with Crippen molar-refractivity contribution in [1.82, 2.24) is 10.2 Å². The zero-order valence-corrected chi connectivity index (χ0v) is 12.7. The van der Waals surface area contributed by atoms with Crippen molar-refractivity contribution in [2.75, 3.05) is 20.1 Å². The molecule has 0 aromatic rings. The van der Waals surface area contributed by atoms with Gasteiger partial charge < -0.3 is 10.2 Å². The van der Waals surface area contributed by atoms with Crippen LogP contribution < -0.4 is 5.32 Å². The average molecular weight is 251 g/mol. The average Bonchev–Trinajstić information content (AvgIpc) is 2.50. The topological polar surface area (TPSA) is 39.1 Å². The summed E-state index contributed by atoms with van der Waals surface area (Å²) in [7, 11) is 1.88. The van der Waals surface area contributed by atoms with Crippen LogP contribution in [0, 0.1) is 16.7 Å². The first kappa shape index (κ1) is 15.5. The van der Waals surface area contributed by atoms with Crippen LogP contribution in [0.5, 0.6) is 0 Å². The van der Waals surface area contributed by atoms with Gasteiger partial charge in [-0.25, -0.2) is 0 Å². The molecule has 2 unspecified atom stereocenters. The first-order chi connectivity index (χ1) is 8.32. The Kier molecular flexibility index (Phi) is 5.19. The van der Waals surface area contributed by atoms with E-state index in [4.69, 9.17) is 0 Å². The third kappa shape index (κ3) is 4.26. The van der Waals surface area contributed by atoms with Gasteiger partial charge in [-0.05, 0) is 65.1 Å². The Hall–Kier alpha value is -0.590. The molecular formula is C15H29N3. The van der Waals surface area contributed by atoms with E-state index in [2.05, 4.69) is 37.1 Å². The van der Waals surface area contributed by atoms with E-state index in [-0.39, 0.29) is 0 Å².